The maximum Gasteiger partial charge on any atom is 0.356 e. The largest absolute Gasteiger partial charge is 0.464 e. The highest BCUT2D eigenvalue weighted by atomic mass is 35.5. The number of hydrogen-bond acceptors (Lipinski definition) is 3. The minimum absolute atomic E-state index is 0.164. The van der Waals surface area contributed by atoms with Crippen LogP contribution in [0.25, 0.3) is 0 Å². The number of aromatic nitrogens is 1. The number of rotatable bonds is 2. The summed E-state index contributed by atoms with van der Waals surface area (Å²) in [6, 6.07) is 1.95. The normalized spacial score (nSPS) is 10.4. The number of alkyl halides is 2. The Hall–Kier alpha value is -1.23. The van der Waals surface area contributed by atoms with Gasteiger partial charge in [0, 0.05) is 5.56 Å². The molecule has 0 spiro atoms. The predicted molar refractivity (Wildman–Crippen MR) is 45.5 cm³/mol. The van der Waals surface area contributed by atoms with E-state index in [1.165, 1.54) is 0 Å². The third kappa shape index (κ3) is 2.38. The molecular weight excluding hydrogens is 216 g/mol. The Morgan fingerprint density at radius 3 is 2.71 bits per heavy atom. The third-order valence-electron chi connectivity index (χ3n) is 1.46. The molecule has 0 atom stereocenters. The first-order valence-electron chi connectivity index (χ1n) is 3.58. The first kappa shape index (κ1) is 10.8. The van der Waals surface area contributed by atoms with Crippen LogP contribution >= 0.6 is 11.6 Å². The van der Waals surface area contributed by atoms with Crippen LogP contribution in [0, 0.1) is 0 Å². The van der Waals surface area contributed by atoms with Crippen LogP contribution in [0.2, 0.25) is 5.15 Å². The van der Waals surface area contributed by atoms with Gasteiger partial charge in [-0.25, -0.2) is 18.6 Å². The number of pyridine rings is 1. The van der Waals surface area contributed by atoms with E-state index in [2.05, 4.69) is 9.72 Å². The molecule has 0 radical (unpaired) electrons. The number of carbonyl (C=O) groups excluding carboxylic acids is 1. The molecule has 0 bridgehead atoms. The van der Waals surface area contributed by atoms with Gasteiger partial charge in [0.1, 0.15) is 5.15 Å². The molecule has 0 fully saturated rings. The Kier molecular flexibility index (Phi) is 3.35. The molecule has 0 saturated carbocycles. The summed E-state index contributed by atoms with van der Waals surface area (Å²) in [5.41, 5.74) is -0.583. The molecule has 0 aliphatic rings. The number of methoxy groups -OCH3 is 1. The van der Waals surface area contributed by atoms with Crippen LogP contribution in [0.5, 0.6) is 0 Å². The van der Waals surface area contributed by atoms with Crippen molar-refractivity contribution >= 4 is 17.6 Å². The van der Waals surface area contributed by atoms with Crippen molar-refractivity contribution < 1.29 is 18.3 Å². The van der Waals surface area contributed by atoms with Gasteiger partial charge in [0.2, 0.25) is 0 Å². The van der Waals surface area contributed by atoms with E-state index < -0.39 is 12.4 Å². The summed E-state index contributed by atoms with van der Waals surface area (Å²) in [7, 11) is 1.13. The molecule has 1 heterocycles. The quantitative estimate of drug-likeness (QED) is 0.569. The summed E-state index contributed by atoms with van der Waals surface area (Å²) in [5, 5.41) is -0.164. The predicted octanol–water partition coefficient (Wildman–Crippen LogP) is 2.46. The van der Waals surface area contributed by atoms with Crippen molar-refractivity contribution in [3.8, 4) is 0 Å². The van der Waals surface area contributed by atoms with Crippen molar-refractivity contribution in [2.24, 2.45) is 0 Å². The Morgan fingerprint density at radius 2 is 2.21 bits per heavy atom. The van der Waals surface area contributed by atoms with E-state index in [1.807, 2.05) is 0 Å². The number of halogens is 3. The summed E-state index contributed by atoms with van der Waals surface area (Å²) in [4.78, 5) is 14.5. The fourth-order valence-corrected chi connectivity index (χ4v) is 1.07. The van der Waals surface area contributed by atoms with Crippen LogP contribution in [0.1, 0.15) is 22.5 Å². The lowest BCUT2D eigenvalue weighted by Gasteiger charge is -2.03. The van der Waals surface area contributed by atoms with Crippen molar-refractivity contribution in [2.45, 2.75) is 6.43 Å². The summed E-state index contributed by atoms with van der Waals surface area (Å²) >= 11 is 5.44. The first-order valence-corrected chi connectivity index (χ1v) is 3.96. The smallest absolute Gasteiger partial charge is 0.356 e. The van der Waals surface area contributed by atoms with Crippen LogP contribution in [0.4, 0.5) is 8.78 Å². The molecule has 76 valence electrons. The minimum atomic E-state index is -2.70. The Labute approximate surface area is 83.7 Å². The highest BCUT2D eigenvalue weighted by Gasteiger charge is 2.14. The lowest BCUT2D eigenvalue weighted by Crippen LogP contribution is -2.05. The van der Waals surface area contributed by atoms with Gasteiger partial charge >= 0.3 is 5.97 Å². The molecule has 0 saturated heterocycles. The fourth-order valence-electron chi connectivity index (χ4n) is 0.852. The second-order valence-corrected chi connectivity index (χ2v) is 2.79. The molecule has 0 aliphatic heterocycles. The third-order valence-corrected chi connectivity index (χ3v) is 1.66. The molecule has 6 heteroatoms. The Bertz CT molecular complexity index is 357. The maximum absolute atomic E-state index is 12.3. The fraction of sp³-hybridized carbons (Fsp3) is 0.250. The van der Waals surface area contributed by atoms with E-state index in [1.54, 1.807) is 0 Å². The van der Waals surface area contributed by atoms with Gasteiger partial charge in [-0.15, -0.1) is 0 Å². The molecule has 0 aromatic carbocycles. The summed E-state index contributed by atoms with van der Waals surface area (Å²) in [5.74, 6) is -0.797. The van der Waals surface area contributed by atoms with Gasteiger partial charge in [-0.1, -0.05) is 11.6 Å². The highest BCUT2D eigenvalue weighted by Crippen LogP contribution is 2.22. The Balaban J connectivity index is 3.13. The van der Waals surface area contributed by atoms with Crippen molar-refractivity contribution in [1.82, 2.24) is 4.98 Å². The average Bonchev–Trinajstić information content (AvgIpc) is 2.15. The van der Waals surface area contributed by atoms with Crippen LogP contribution < -0.4 is 0 Å². The van der Waals surface area contributed by atoms with Crippen molar-refractivity contribution in [2.75, 3.05) is 7.11 Å². The summed E-state index contributed by atoms with van der Waals surface area (Å²) in [6.45, 7) is 0. The van der Waals surface area contributed by atoms with Crippen LogP contribution in [-0.4, -0.2) is 18.1 Å². The minimum Gasteiger partial charge on any atom is -0.464 e. The molecule has 14 heavy (non-hydrogen) atoms. The van der Waals surface area contributed by atoms with Crippen molar-refractivity contribution in [3.63, 3.8) is 0 Å². The highest BCUT2D eigenvalue weighted by molar-refractivity contribution is 6.29. The maximum atomic E-state index is 12.3. The van der Waals surface area contributed by atoms with Crippen molar-refractivity contribution in [3.05, 3.63) is 28.5 Å². The second-order valence-electron chi connectivity index (χ2n) is 2.40. The lowest BCUT2D eigenvalue weighted by atomic mass is 10.2. The molecule has 1 aromatic heterocycles. The zero-order valence-electron chi connectivity index (χ0n) is 7.13. The van der Waals surface area contributed by atoms with Gasteiger partial charge in [-0.3, -0.25) is 0 Å². The van der Waals surface area contributed by atoms with E-state index in [0.717, 1.165) is 19.2 Å². The van der Waals surface area contributed by atoms with Gasteiger partial charge in [0.25, 0.3) is 6.43 Å². The number of hydrogen-bond donors (Lipinski definition) is 0. The van der Waals surface area contributed by atoms with Crippen LogP contribution in [-0.2, 0) is 4.74 Å². The number of carbonyl (C=O) groups is 1. The number of ether oxygens (including phenoxy) is 1. The van der Waals surface area contributed by atoms with Gasteiger partial charge in [0.15, 0.2) is 5.69 Å². The molecule has 0 unspecified atom stereocenters. The molecule has 1 aromatic rings. The van der Waals surface area contributed by atoms with E-state index in [-0.39, 0.29) is 16.4 Å². The topological polar surface area (TPSA) is 39.2 Å². The second kappa shape index (κ2) is 4.32. The average molecular weight is 222 g/mol. The molecule has 0 aliphatic carbocycles. The standard InChI is InChI=1S/C8H6ClF2NO2/c1-14-8(13)5-2-4(7(10)11)3-6(9)12-5/h2-3,7H,1H3. The van der Waals surface area contributed by atoms with Crippen LogP contribution in [0.3, 0.4) is 0 Å². The first-order chi connectivity index (χ1) is 6.54. The van der Waals surface area contributed by atoms with Gasteiger partial charge in [0.05, 0.1) is 7.11 Å². The summed E-state index contributed by atoms with van der Waals surface area (Å²) < 4.78 is 28.8. The Morgan fingerprint density at radius 1 is 1.57 bits per heavy atom. The zero-order valence-corrected chi connectivity index (χ0v) is 7.89. The van der Waals surface area contributed by atoms with E-state index in [4.69, 9.17) is 11.6 Å². The van der Waals surface area contributed by atoms with Gasteiger partial charge in [-0.2, -0.15) is 0 Å². The van der Waals surface area contributed by atoms with Crippen molar-refractivity contribution in [1.29, 1.82) is 0 Å². The molecule has 1 rings (SSSR count). The number of esters is 1. The summed E-state index contributed by atoms with van der Waals surface area (Å²) in [6.07, 6.45) is -2.70. The van der Waals surface area contributed by atoms with Gasteiger partial charge in [-0.05, 0) is 12.1 Å². The SMILES string of the molecule is COC(=O)c1cc(C(F)F)cc(Cl)n1. The lowest BCUT2D eigenvalue weighted by molar-refractivity contribution is 0.0593. The molecular formula is C8H6ClF2NO2. The zero-order chi connectivity index (χ0) is 10.7. The molecule has 0 amide bonds. The molecule has 0 N–H and O–H groups in total. The molecule has 3 nitrogen and oxygen atoms in total. The van der Waals surface area contributed by atoms with Gasteiger partial charge < -0.3 is 4.74 Å². The van der Waals surface area contributed by atoms with Crippen LogP contribution in [0.15, 0.2) is 12.1 Å². The van der Waals surface area contributed by atoms with E-state index >= 15 is 0 Å². The van der Waals surface area contributed by atoms with E-state index in [0.29, 0.717) is 0 Å². The monoisotopic (exact) mass is 221 g/mol. The number of nitrogens with zero attached hydrogens (tertiary/aromatic N) is 1. The van der Waals surface area contributed by atoms with E-state index in [9.17, 15) is 13.6 Å².